The third kappa shape index (κ3) is 4.61. The Bertz CT molecular complexity index is 406. The largest absolute Gasteiger partial charge is 0.373 e. The molecular weight excluding hydrogens is 288 g/mol. The summed E-state index contributed by atoms with van der Waals surface area (Å²) in [6.45, 7) is -1.68. The van der Waals surface area contributed by atoms with Crippen molar-refractivity contribution in [3.05, 3.63) is 34.9 Å². The lowest BCUT2D eigenvalue weighted by molar-refractivity contribution is -0.167. The summed E-state index contributed by atoms with van der Waals surface area (Å²) in [7, 11) is 0. The van der Waals surface area contributed by atoms with Crippen molar-refractivity contribution in [2.45, 2.75) is 18.4 Å². The summed E-state index contributed by atoms with van der Waals surface area (Å²) in [6, 6.07) is 5.92. The van der Waals surface area contributed by atoms with Crippen molar-refractivity contribution in [2.24, 2.45) is 5.84 Å². The van der Waals surface area contributed by atoms with E-state index in [0.717, 1.165) is 0 Å². The number of benzene rings is 1. The molecule has 0 radical (unpaired) electrons. The van der Waals surface area contributed by atoms with Gasteiger partial charge in [0.05, 0.1) is 12.6 Å². The van der Waals surface area contributed by atoms with Crippen LogP contribution >= 0.6 is 11.6 Å². The lowest BCUT2D eigenvalue weighted by Gasteiger charge is -2.20. The highest BCUT2D eigenvalue weighted by Gasteiger charge is 2.41. The molecule has 19 heavy (non-hydrogen) atoms. The molecule has 108 valence electrons. The fourth-order valence-electron chi connectivity index (χ4n) is 1.36. The van der Waals surface area contributed by atoms with Crippen molar-refractivity contribution in [1.82, 2.24) is 5.43 Å². The van der Waals surface area contributed by atoms with Gasteiger partial charge in [-0.2, -0.15) is 8.78 Å². The van der Waals surface area contributed by atoms with Crippen LogP contribution in [0.15, 0.2) is 24.3 Å². The predicted molar refractivity (Wildman–Crippen MR) is 63.3 cm³/mol. The highest BCUT2D eigenvalue weighted by Crippen LogP contribution is 2.25. The standard InChI is InChI=1S/C11H13ClF4N2O/c12-8-4-2-1-3-7(8)9(18-17)5-19-6-11(15,16)10(13)14/h1-4,9-10,18H,5-6,17H2. The zero-order valence-electron chi connectivity index (χ0n) is 9.75. The number of rotatable bonds is 7. The molecule has 0 spiro atoms. The molecule has 3 N–H and O–H groups in total. The second-order valence-corrected chi connectivity index (χ2v) is 4.22. The first-order valence-electron chi connectivity index (χ1n) is 5.32. The van der Waals surface area contributed by atoms with E-state index < -0.39 is 25.0 Å². The number of hydrogen-bond acceptors (Lipinski definition) is 3. The van der Waals surface area contributed by atoms with Crippen LogP contribution in [0, 0.1) is 0 Å². The van der Waals surface area contributed by atoms with Gasteiger partial charge in [-0.3, -0.25) is 11.3 Å². The van der Waals surface area contributed by atoms with Gasteiger partial charge < -0.3 is 4.74 Å². The maximum Gasteiger partial charge on any atom is 0.330 e. The molecule has 3 nitrogen and oxygen atoms in total. The van der Waals surface area contributed by atoms with Gasteiger partial charge in [0, 0.05) is 5.02 Å². The molecule has 0 heterocycles. The van der Waals surface area contributed by atoms with Crippen LogP contribution in [0.1, 0.15) is 11.6 Å². The van der Waals surface area contributed by atoms with Gasteiger partial charge in [0.1, 0.15) is 6.61 Å². The minimum atomic E-state index is -4.18. The van der Waals surface area contributed by atoms with Crippen LogP contribution in [0.5, 0.6) is 0 Å². The van der Waals surface area contributed by atoms with Gasteiger partial charge in [0.15, 0.2) is 0 Å². The molecule has 1 unspecified atom stereocenters. The average molecular weight is 301 g/mol. The topological polar surface area (TPSA) is 47.3 Å². The second-order valence-electron chi connectivity index (χ2n) is 3.82. The number of hydrazine groups is 1. The van der Waals surface area contributed by atoms with Gasteiger partial charge in [-0.15, -0.1) is 0 Å². The van der Waals surface area contributed by atoms with Gasteiger partial charge >= 0.3 is 12.3 Å². The van der Waals surface area contributed by atoms with Gasteiger partial charge in [-0.25, -0.2) is 8.78 Å². The SMILES string of the molecule is NNC(COCC(F)(F)C(F)F)c1ccccc1Cl. The average Bonchev–Trinajstić information content (AvgIpc) is 2.35. The Kier molecular flexibility index (Phi) is 5.99. The Hall–Kier alpha value is -0.890. The molecule has 8 heteroatoms. The number of hydrogen-bond donors (Lipinski definition) is 2. The van der Waals surface area contributed by atoms with E-state index in [9.17, 15) is 17.6 Å². The zero-order valence-corrected chi connectivity index (χ0v) is 10.5. The third-order valence-electron chi connectivity index (χ3n) is 2.38. The molecule has 0 amide bonds. The summed E-state index contributed by atoms with van der Waals surface area (Å²) >= 11 is 5.90. The van der Waals surface area contributed by atoms with Crippen LogP contribution in [-0.4, -0.2) is 25.6 Å². The van der Waals surface area contributed by atoms with E-state index in [-0.39, 0.29) is 6.61 Å². The second kappa shape index (κ2) is 7.04. The minimum Gasteiger partial charge on any atom is -0.373 e. The van der Waals surface area contributed by atoms with Crippen molar-refractivity contribution in [3.8, 4) is 0 Å². The molecule has 1 aromatic rings. The molecular formula is C11H13ClF4N2O. The molecule has 0 fully saturated rings. The van der Waals surface area contributed by atoms with E-state index in [2.05, 4.69) is 10.2 Å². The van der Waals surface area contributed by atoms with Crippen LogP contribution in [-0.2, 0) is 4.74 Å². The maximum absolute atomic E-state index is 12.6. The first-order valence-corrected chi connectivity index (χ1v) is 5.70. The van der Waals surface area contributed by atoms with Gasteiger partial charge in [-0.05, 0) is 11.6 Å². The summed E-state index contributed by atoms with van der Waals surface area (Å²) in [6.07, 6.45) is -3.77. The van der Waals surface area contributed by atoms with E-state index in [4.69, 9.17) is 17.4 Å². The van der Waals surface area contributed by atoms with Crippen molar-refractivity contribution >= 4 is 11.6 Å². The Morgan fingerprint density at radius 1 is 1.32 bits per heavy atom. The lowest BCUT2D eigenvalue weighted by atomic mass is 10.1. The highest BCUT2D eigenvalue weighted by molar-refractivity contribution is 6.31. The van der Waals surface area contributed by atoms with Crippen LogP contribution < -0.4 is 11.3 Å². The fraction of sp³-hybridized carbons (Fsp3) is 0.455. The summed E-state index contributed by atoms with van der Waals surface area (Å²) in [4.78, 5) is 0. The monoisotopic (exact) mass is 300 g/mol. The van der Waals surface area contributed by atoms with Crippen molar-refractivity contribution in [1.29, 1.82) is 0 Å². The van der Waals surface area contributed by atoms with E-state index in [1.807, 2.05) is 0 Å². The summed E-state index contributed by atoms with van der Waals surface area (Å²) in [5.41, 5.74) is 2.87. The highest BCUT2D eigenvalue weighted by atomic mass is 35.5. The molecule has 0 aliphatic carbocycles. The lowest BCUT2D eigenvalue weighted by Crippen LogP contribution is -2.36. The molecule has 1 aromatic carbocycles. The van der Waals surface area contributed by atoms with Crippen LogP contribution in [0.25, 0.3) is 0 Å². The molecule has 0 aromatic heterocycles. The van der Waals surface area contributed by atoms with Crippen molar-refractivity contribution in [2.75, 3.05) is 13.2 Å². The molecule has 0 aliphatic rings. The smallest absolute Gasteiger partial charge is 0.330 e. The van der Waals surface area contributed by atoms with E-state index >= 15 is 0 Å². The van der Waals surface area contributed by atoms with E-state index in [0.29, 0.717) is 10.6 Å². The Morgan fingerprint density at radius 3 is 2.47 bits per heavy atom. The number of ether oxygens (including phenoxy) is 1. The zero-order chi connectivity index (χ0) is 14.5. The Balaban J connectivity index is 2.58. The Morgan fingerprint density at radius 2 is 1.95 bits per heavy atom. The molecule has 0 bridgehead atoms. The van der Waals surface area contributed by atoms with Crippen LogP contribution in [0.3, 0.4) is 0 Å². The maximum atomic E-state index is 12.6. The van der Waals surface area contributed by atoms with E-state index in [1.165, 1.54) is 0 Å². The normalized spacial score (nSPS) is 13.8. The molecule has 0 aliphatic heterocycles. The summed E-state index contributed by atoms with van der Waals surface area (Å²) in [5.74, 6) is 1.08. The first kappa shape index (κ1) is 16.2. The number of halogens is 5. The summed E-state index contributed by atoms with van der Waals surface area (Å²) in [5, 5.41) is 0.370. The number of nitrogens with one attached hydrogen (secondary N) is 1. The number of nitrogens with two attached hydrogens (primary N) is 1. The molecule has 0 saturated carbocycles. The fourth-order valence-corrected chi connectivity index (χ4v) is 1.63. The van der Waals surface area contributed by atoms with Crippen molar-refractivity contribution < 1.29 is 22.3 Å². The van der Waals surface area contributed by atoms with Gasteiger partial charge in [0.25, 0.3) is 0 Å². The predicted octanol–water partition coefficient (Wildman–Crippen LogP) is 2.76. The minimum absolute atomic E-state index is 0.303. The van der Waals surface area contributed by atoms with Crippen LogP contribution in [0.4, 0.5) is 17.6 Å². The van der Waals surface area contributed by atoms with E-state index in [1.54, 1.807) is 24.3 Å². The summed E-state index contributed by atoms with van der Waals surface area (Å²) < 4.78 is 53.7. The first-order chi connectivity index (χ1) is 8.88. The molecule has 1 rings (SSSR count). The Labute approximate surface area is 112 Å². The number of alkyl halides is 4. The van der Waals surface area contributed by atoms with Gasteiger partial charge in [-0.1, -0.05) is 29.8 Å². The van der Waals surface area contributed by atoms with Crippen molar-refractivity contribution in [3.63, 3.8) is 0 Å². The van der Waals surface area contributed by atoms with Crippen LogP contribution in [0.2, 0.25) is 5.02 Å². The molecule has 1 atom stereocenters. The quantitative estimate of drug-likeness (QED) is 0.462. The molecule has 0 saturated heterocycles. The third-order valence-corrected chi connectivity index (χ3v) is 2.72. The van der Waals surface area contributed by atoms with Gasteiger partial charge in [0.2, 0.25) is 0 Å².